The number of carbonyl (C=O) groups is 1. The molecule has 1 heterocycles. The molecular weight excluding hydrogens is 393 g/mol. The van der Waals surface area contributed by atoms with Gasteiger partial charge >= 0.3 is 0 Å². The summed E-state index contributed by atoms with van der Waals surface area (Å²) in [6, 6.07) is 15.0. The zero-order valence-corrected chi connectivity index (χ0v) is 15.5. The van der Waals surface area contributed by atoms with Gasteiger partial charge in [-0.1, -0.05) is 0 Å². The number of carbonyl (C=O) groups excluding carboxylic acids is 1. The minimum Gasteiger partial charge on any atom is -0.484 e. The molecule has 0 saturated heterocycles. The number of hydrogen-bond donors (Lipinski definition) is 2. The zero-order chi connectivity index (χ0) is 21.3. The van der Waals surface area contributed by atoms with Crippen LogP contribution in [0.15, 0.2) is 72.0 Å². The van der Waals surface area contributed by atoms with Gasteiger partial charge in [0.1, 0.15) is 23.6 Å². The Bertz CT molecular complexity index is 1040. The second-order valence-electron chi connectivity index (χ2n) is 5.94. The number of aromatic nitrogens is 1. The fourth-order valence-corrected chi connectivity index (χ4v) is 2.26. The van der Waals surface area contributed by atoms with E-state index in [4.69, 9.17) is 4.74 Å². The fourth-order valence-electron chi connectivity index (χ4n) is 2.26. The molecule has 0 aliphatic heterocycles. The highest BCUT2D eigenvalue weighted by atomic mass is 19.1. The Labute approximate surface area is 170 Å². The minimum atomic E-state index is -0.532. The number of nitrogens with one attached hydrogen (secondary N) is 2. The molecule has 0 radical (unpaired) electrons. The number of pyridine rings is 1. The molecule has 152 valence electrons. The Morgan fingerprint density at radius 2 is 1.87 bits per heavy atom. The van der Waals surface area contributed by atoms with Crippen molar-refractivity contribution < 1.29 is 18.8 Å². The average molecular weight is 409 g/mol. The summed E-state index contributed by atoms with van der Waals surface area (Å²) in [6.45, 7) is -0.196. The first-order valence-corrected chi connectivity index (χ1v) is 8.67. The van der Waals surface area contributed by atoms with Gasteiger partial charge in [-0.25, -0.2) is 9.37 Å². The lowest BCUT2D eigenvalue weighted by Gasteiger charge is -2.07. The van der Waals surface area contributed by atoms with Gasteiger partial charge in [-0.15, -0.1) is 0 Å². The lowest BCUT2D eigenvalue weighted by atomic mass is 10.2. The van der Waals surface area contributed by atoms with Crippen molar-refractivity contribution in [3.05, 3.63) is 88.4 Å². The fraction of sp³-hybridized carbons (Fsp3) is 0.0500. The molecule has 0 unspecified atom stereocenters. The summed E-state index contributed by atoms with van der Waals surface area (Å²) in [5.41, 5.74) is 3.80. The molecule has 0 atom stereocenters. The van der Waals surface area contributed by atoms with Crippen molar-refractivity contribution in [1.29, 1.82) is 0 Å². The Morgan fingerprint density at radius 3 is 2.50 bits per heavy atom. The monoisotopic (exact) mass is 409 g/mol. The van der Waals surface area contributed by atoms with E-state index in [9.17, 15) is 19.3 Å². The summed E-state index contributed by atoms with van der Waals surface area (Å²) in [6.07, 6.45) is 2.67. The second-order valence-corrected chi connectivity index (χ2v) is 5.94. The van der Waals surface area contributed by atoms with Crippen LogP contribution < -0.4 is 15.5 Å². The number of benzene rings is 2. The van der Waals surface area contributed by atoms with E-state index in [2.05, 4.69) is 20.8 Å². The van der Waals surface area contributed by atoms with Crippen LogP contribution >= 0.6 is 0 Å². The van der Waals surface area contributed by atoms with E-state index in [0.717, 1.165) is 11.8 Å². The van der Waals surface area contributed by atoms with Gasteiger partial charge < -0.3 is 10.1 Å². The van der Waals surface area contributed by atoms with Gasteiger partial charge in [-0.3, -0.25) is 20.3 Å². The van der Waals surface area contributed by atoms with Crippen molar-refractivity contribution >= 4 is 29.3 Å². The quantitative estimate of drug-likeness (QED) is 0.333. The van der Waals surface area contributed by atoms with Crippen LogP contribution in [0.25, 0.3) is 0 Å². The van der Waals surface area contributed by atoms with Crippen molar-refractivity contribution in [3.63, 3.8) is 0 Å². The van der Waals surface area contributed by atoms with Gasteiger partial charge in [-0.05, 0) is 60.2 Å². The van der Waals surface area contributed by atoms with Gasteiger partial charge in [0.2, 0.25) is 0 Å². The molecule has 10 heteroatoms. The molecule has 0 aliphatic carbocycles. The van der Waals surface area contributed by atoms with Crippen LogP contribution in [-0.2, 0) is 4.79 Å². The molecule has 0 saturated carbocycles. The molecule has 2 N–H and O–H groups in total. The molecule has 0 bridgehead atoms. The summed E-state index contributed by atoms with van der Waals surface area (Å²) in [4.78, 5) is 25.8. The van der Waals surface area contributed by atoms with E-state index < -0.39 is 4.92 Å². The van der Waals surface area contributed by atoms with Gasteiger partial charge in [0.05, 0.1) is 11.1 Å². The molecule has 9 nitrogen and oxygen atoms in total. The molecule has 0 aliphatic rings. The maximum absolute atomic E-state index is 12.9. The van der Waals surface area contributed by atoms with Crippen molar-refractivity contribution in [1.82, 2.24) is 4.98 Å². The number of nitro groups is 1. The van der Waals surface area contributed by atoms with Gasteiger partial charge in [0, 0.05) is 11.8 Å². The largest absolute Gasteiger partial charge is 0.484 e. The molecule has 0 fully saturated rings. The van der Waals surface area contributed by atoms with Gasteiger partial charge in [-0.2, -0.15) is 5.10 Å². The van der Waals surface area contributed by atoms with E-state index in [1.807, 2.05) is 0 Å². The highest BCUT2D eigenvalue weighted by Gasteiger charge is 2.05. The van der Waals surface area contributed by atoms with Gasteiger partial charge in [0.25, 0.3) is 11.6 Å². The maximum Gasteiger partial charge on any atom is 0.287 e. The first kappa shape index (κ1) is 20.4. The SMILES string of the molecule is O=C(COc1ccc(/C=N/Nc2ccc([N+](=O)[O-])cn2)cc1)Nc1ccc(F)cc1. The number of hydrazone groups is 1. The first-order valence-electron chi connectivity index (χ1n) is 8.67. The summed E-state index contributed by atoms with van der Waals surface area (Å²) < 4.78 is 18.3. The first-order chi connectivity index (χ1) is 14.5. The Hall–Kier alpha value is -4.34. The number of nitrogens with zero attached hydrogens (tertiary/aromatic N) is 3. The van der Waals surface area contributed by atoms with Crippen LogP contribution in [0, 0.1) is 15.9 Å². The summed E-state index contributed by atoms with van der Waals surface area (Å²) in [5, 5.41) is 17.2. The molecular formula is C20H16FN5O4. The van der Waals surface area contributed by atoms with Crippen molar-refractivity contribution in [2.75, 3.05) is 17.3 Å². The van der Waals surface area contributed by atoms with E-state index in [-0.39, 0.29) is 24.0 Å². The number of amides is 1. The van der Waals surface area contributed by atoms with Crippen molar-refractivity contribution in [2.45, 2.75) is 0 Å². The smallest absolute Gasteiger partial charge is 0.287 e. The second kappa shape index (κ2) is 9.73. The maximum atomic E-state index is 12.9. The van der Waals surface area contributed by atoms with Crippen LogP contribution in [-0.4, -0.2) is 28.6 Å². The third-order valence-electron chi connectivity index (χ3n) is 3.73. The molecule has 1 amide bonds. The molecule has 0 spiro atoms. The number of rotatable bonds is 8. The Kier molecular flexibility index (Phi) is 6.62. The topological polar surface area (TPSA) is 119 Å². The Balaban J connectivity index is 1.46. The summed E-state index contributed by atoms with van der Waals surface area (Å²) >= 11 is 0. The normalized spacial score (nSPS) is 10.6. The number of halogens is 1. The number of ether oxygens (including phenoxy) is 1. The van der Waals surface area contributed by atoms with E-state index in [1.54, 1.807) is 24.3 Å². The number of hydrogen-bond acceptors (Lipinski definition) is 7. The standard InChI is InChI=1S/C20H16FN5O4/c21-15-3-5-16(6-4-15)24-20(27)13-30-18-8-1-14(2-9-18)11-23-25-19-10-7-17(12-22-19)26(28)29/h1-12H,13H2,(H,22,25)(H,24,27)/b23-11+. The third-order valence-corrected chi connectivity index (χ3v) is 3.73. The van der Waals surface area contributed by atoms with Crippen LogP contribution in [0.5, 0.6) is 5.75 Å². The highest BCUT2D eigenvalue weighted by Crippen LogP contribution is 2.13. The third kappa shape index (κ3) is 6.09. The van der Waals surface area contributed by atoms with Crippen LogP contribution in [0.3, 0.4) is 0 Å². The molecule has 1 aromatic heterocycles. The summed E-state index contributed by atoms with van der Waals surface area (Å²) in [7, 11) is 0. The van der Waals surface area contributed by atoms with Crippen LogP contribution in [0.2, 0.25) is 0 Å². The van der Waals surface area contributed by atoms with Crippen molar-refractivity contribution in [3.8, 4) is 5.75 Å². The minimum absolute atomic E-state index is 0.105. The predicted octanol–water partition coefficient (Wildman–Crippen LogP) is 3.59. The number of anilines is 2. The van der Waals surface area contributed by atoms with E-state index in [1.165, 1.54) is 42.6 Å². The molecule has 3 aromatic rings. The average Bonchev–Trinajstić information content (AvgIpc) is 2.75. The predicted molar refractivity (Wildman–Crippen MR) is 109 cm³/mol. The van der Waals surface area contributed by atoms with Crippen molar-refractivity contribution in [2.24, 2.45) is 5.10 Å². The molecule has 30 heavy (non-hydrogen) atoms. The lowest BCUT2D eigenvalue weighted by molar-refractivity contribution is -0.385. The lowest BCUT2D eigenvalue weighted by Crippen LogP contribution is -2.20. The highest BCUT2D eigenvalue weighted by molar-refractivity contribution is 5.91. The zero-order valence-electron chi connectivity index (χ0n) is 15.5. The Morgan fingerprint density at radius 1 is 1.13 bits per heavy atom. The molecule has 2 aromatic carbocycles. The summed E-state index contributed by atoms with van der Waals surface area (Å²) in [5.74, 6) is 0.106. The molecule has 3 rings (SSSR count). The van der Waals surface area contributed by atoms with E-state index >= 15 is 0 Å². The van der Waals surface area contributed by atoms with E-state index in [0.29, 0.717) is 17.3 Å². The van der Waals surface area contributed by atoms with Crippen LogP contribution in [0.1, 0.15) is 5.56 Å². The van der Waals surface area contributed by atoms with Crippen LogP contribution in [0.4, 0.5) is 21.6 Å². The van der Waals surface area contributed by atoms with Gasteiger partial charge in [0.15, 0.2) is 6.61 Å².